The van der Waals surface area contributed by atoms with Gasteiger partial charge in [0.25, 0.3) is 11.8 Å². The molecule has 196 valence electrons. The second-order valence-electron chi connectivity index (χ2n) is 9.90. The molecule has 2 N–H and O–H groups in total. The van der Waals surface area contributed by atoms with Crippen LogP contribution in [0.15, 0.2) is 48.5 Å². The van der Waals surface area contributed by atoms with Crippen molar-refractivity contribution < 1.29 is 19.1 Å². The maximum absolute atomic E-state index is 12.7. The first kappa shape index (κ1) is 27.6. The summed E-state index contributed by atoms with van der Waals surface area (Å²) in [7, 11) is 0. The number of carbonyl (C=O) groups excluding carboxylic acids is 2. The smallest absolute Gasteiger partial charge is 0.258 e. The third-order valence-corrected chi connectivity index (χ3v) is 7.30. The molecule has 6 nitrogen and oxygen atoms in total. The number of hydrogen-bond acceptors (Lipinski definition) is 4. The summed E-state index contributed by atoms with van der Waals surface area (Å²) in [6.45, 7) is 8.51. The van der Waals surface area contributed by atoms with Crippen LogP contribution in [0.4, 0.5) is 0 Å². The predicted octanol–water partition coefficient (Wildman–Crippen LogP) is 5.72. The number of hydrogen-bond donors (Lipinski definition) is 2. The zero-order chi connectivity index (χ0) is 25.9. The van der Waals surface area contributed by atoms with Crippen LogP contribution in [0.3, 0.4) is 0 Å². The first-order chi connectivity index (χ1) is 17.4. The lowest BCUT2D eigenvalue weighted by Crippen LogP contribution is -2.54. The molecule has 2 aromatic rings. The van der Waals surface area contributed by atoms with Crippen molar-refractivity contribution in [1.29, 1.82) is 0 Å². The van der Waals surface area contributed by atoms with Crippen LogP contribution >= 0.6 is 0 Å². The van der Waals surface area contributed by atoms with E-state index in [4.69, 9.17) is 9.47 Å². The molecule has 1 aliphatic carbocycles. The average molecular weight is 495 g/mol. The topological polar surface area (TPSA) is 76.7 Å². The highest BCUT2D eigenvalue weighted by Gasteiger charge is 2.28. The predicted molar refractivity (Wildman–Crippen MR) is 144 cm³/mol. The van der Waals surface area contributed by atoms with Crippen molar-refractivity contribution in [1.82, 2.24) is 10.6 Å². The molecule has 0 saturated heterocycles. The third-order valence-electron chi connectivity index (χ3n) is 7.30. The van der Waals surface area contributed by atoms with Crippen LogP contribution in [0.2, 0.25) is 0 Å². The maximum atomic E-state index is 12.7. The zero-order valence-corrected chi connectivity index (χ0v) is 22.2. The fourth-order valence-corrected chi connectivity index (χ4v) is 4.74. The largest absolute Gasteiger partial charge is 0.483 e. The molecule has 2 aromatic carbocycles. The van der Waals surface area contributed by atoms with Gasteiger partial charge in [-0.05, 0) is 60.8 Å². The monoisotopic (exact) mass is 494 g/mol. The maximum Gasteiger partial charge on any atom is 0.258 e. The van der Waals surface area contributed by atoms with E-state index in [0.717, 1.165) is 61.2 Å². The Kier molecular flexibility index (Phi) is 10.6. The molecule has 1 saturated carbocycles. The molecular weight excluding hydrogens is 452 g/mol. The van der Waals surface area contributed by atoms with Crippen LogP contribution in [-0.2, 0) is 9.59 Å². The molecule has 2 unspecified atom stereocenters. The molecule has 4 atom stereocenters. The van der Waals surface area contributed by atoms with E-state index in [-0.39, 0.29) is 37.1 Å². The molecule has 0 spiro atoms. The van der Waals surface area contributed by atoms with Gasteiger partial charge in [0.2, 0.25) is 0 Å². The van der Waals surface area contributed by atoms with E-state index in [1.54, 1.807) is 0 Å². The fraction of sp³-hybridized carbons (Fsp3) is 0.533. The van der Waals surface area contributed by atoms with Gasteiger partial charge in [-0.25, -0.2) is 0 Å². The zero-order valence-electron chi connectivity index (χ0n) is 22.2. The Morgan fingerprint density at radius 3 is 1.53 bits per heavy atom. The highest BCUT2D eigenvalue weighted by Crippen LogP contribution is 2.29. The van der Waals surface area contributed by atoms with E-state index in [2.05, 4.69) is 50.5 Å². The Labute approximate surface area is 216 Å². The standard InChI is InChI=1S/C30H42N2O4/c1-5-21(3)23-13-7-11-17-27(23)35-19-29(33)31-25-15-9-10-16-26(25)32-30(34)20-36-28-18-12-8-14-24(28)22(4)6-2/h7-8,11-14,17-18,21-22,25-26H,5-6,9-10,15-16,19-20H2,1-4H3,(H,31,33)(H,32,34)/t21?,22?,25-,26-/m0/s1. The van der Waals surface area contributed by atoms with Gasteiger partial charge in [0.05, 0.1) is 0 Å². The van der Waals surface area contributed by atoms with Crippen molar-refractivity contribution in [3.63, 3.8) is 0 Å². The van der Waals surface area contributed by atoms with Gasteiger partial charge in [-0.3, -0.25) is 9.59 Å². The van der Waals surface area contributed by atoms with Crippen LogP contribution in [0.25, 0.3) is 0 Å². The number of rotatable bonds is 12. The molecule has 1 fully saturated rings. The van der Waals surface area contributed by atoms with Crippen LogP contribution in [0, 0.1) is 0 Å². The summed E-state index contributed by atoms with van der Waals surface area (Å²) in [4.78, 5) is 25.5. The summed E-state index contributed by atoms with van der Waals surface area (Å²) < 4.78 is 11.8. The molecular formula is C30H42N2O4. The summed E-state index contributed by atoms with van der Waals surface area (Å²) >= 11 is 0. The van der Waals surface area contributed by atoms with Gasteiger partial charge in [0.15, 0.2) is 13.2 Å². The van der Waals surface area contributed by atoms with Crippen molar-refractivity contribution >= 4 is 11.8 Å². The van der Waals surface area contributed by atoms with Crippen molar-refractivity contribution in [3.8, 4) is 11.5 Å². The van der Waals surface area contributed by atoms with Gasteiger partial charge in [-0.15, -0.1) is 0 Å². The first-order valence-corrected chi connectivity index (χ1v) is 13.4. The Morgan fingerprint density at radius 1 is 0.750 bits per heavy atom. The fourth-order valence-electron chi connectivity index (χ4n) is 4.74. The molecule has 0 aliphatic heterocycles. The highest BCUT2D eigenvalue weighted by atomic mass is 16.5. The van der Waals surface area contributed by atoms with Crippen molar-refractivity contribution in [2.75, 3.05) is 13.2 Å². The van der Waals surface area contributed by atoms with E-state index >= 15 is 0 Å². The Balaban J connectivity index is 1.52. The molecule has 3 rings (SSSR count). The second kappa shape index (κ2) is 13.9. The summed E-state index contributed by atoms with van der Waals surface area (Å²) in [5.41, 5.74) is 2.23. The van der Waals surface area contributed by atoms with Crippen LogP contribution in [0.1, 0.15) is 89.2 Å². The number of ether oxygens (including phenoxy) is 2. The molecule has 0 radical (unpaired) electrons. The molecule has 36 heavy (non-hydrogen) atoms. The second-order valence-corrected chi connectivity index (χ2v) is 9.90. The minimum atomic E-state index is -0.168. The summed E-state index contributed by atoms with van der Waals surface area (Å²) in [5, 5.41) is 6.19. The summed E-state index contributed by atoms with van der Waals surface area (Å²) in [6, 6.07) is 15.5. The number of nitrogens with one attached hydrogen (secondary N) is 2. The van der Waals surface area contributed by atoms with Crippen LogP contribution in [0.5, 0.6) is 11.5 Å². The molecule has 1 aliphatic rings. The Bertz CT molecular complexity index is 913. The lowest BCUT2D eigenvalue weighted by Gasteiger charge is -2.32. The number of amides is 2. The van der Waals surface area contributed by atoms with Gasteiger partial charge >= 0.3 is 0 Å². The molecule has 0 aromatic heterocycles. The van der Waals surface area contributed by atoms with Gasteiger partial charge in [-0.2, -0.15) is 0 Å². The summed E-state index contributed by atoms with van der Waals surface area (Å²) in [6.07, 6.45) is 5.71. The normalized spacial score (nSPS) is 19.1. The number of benzene rings is 2. The quantitative estimate of drug-likeness (QED) is 0.396. The number of carbonyl (C=O) groups is 2. The highest BCUT2D eigenvalue weighted by molar-refractivity contribution is 5.79. The minimum Gasteiger partial charge on any atom is -0.483 e. The molecule has 6 heteroatoms. The van der Waals surface area contributed by atoms with Crippen molar-refractivity contribution in [3.05, 3.63) is 59.7 Å². The Morgan fingerprint density at radius 2 is 1.14 bits per heavy atom. The Hall–Kier alpha value is -3.02. The van der Waals surface area contributed by atoms with E-state index in [9.17, 15) is 9.59 Å². The van der Waals surface area contributed by atoms with Gasteiger partial charge in [0, 0.05) is 12.1 Å². The molecule has 0 bridgehead atoms. The number of para-hydroxylation sites is 2. The SMILES string of the molecule is CCC(C)c1ccccc1OCC(=O)N[C@H]1CCCC[C@@H]1NC(=O)COc1ccccc1C(C)CC. The average Bonchev–Trinajstić information content (AvgIpc) is 2.91. The van der Waals surface area contributed by atoms with Crippen LogP contribution < -0.4 is 20.1 Å². The van der Waals surface area contributed by atoms with Gasteiger partial charge in [0.1, 0.15) is 11.5 Å². The third kappa shape index (κ3) is 7.74. The van der Waals surface area contributed by atoms with E-state index in [1.807, 2.05) is 36.4 Å². The molecule has 2 amide bonds. The van der Waals surface area contributed by atoms with Crippen molar-refractivity contribution in [2.45, 2.75) is 90.1 Å². The summed E-state index contributed by atoms with van der Waals surface area (Å²) in [5.74, 6) is 1.90. The minimum absolute atomic E-state index is 0.0415. The van der Waals surface area contributed by atoms with E-state index < -0.39 is 0 Å². The van der Waals surface area contributed by atoms with Crippen molar-refractivity contribution in [2.24, 2.45) is 0 Å². The van der Waals surface area contributed by atoms with E-state index in [1.165, 1.54) is 0 Å². The van der Waals surface area contributed by atoms with Crippen LogP contribution in [-0.4, -0.2) is 37.1 Å². The first-order valence-electron chi connectivity index (χ1n) is 13.4. The van der Waals surface area contributed by atoms with Gasteiger partial charge < -0.3 is 20.1 Å². The van der Waals surface area contributed by atoms with Gasteiger partial charge in [-0.1, -0.05) is 76.9 Å². The molecule has 0 heterocycles. The lowest BCUT2D eigenvalue weighted by molar-refractivity contribution is -0.127. The van der Waals surface area contributed by atoms with E-state index in [0.29, 0.717) is 11.8 Å². The lowest BCUT2D eigenvalue weighted by atomic mass is 9.90.